The predicted molar refractivity (Wildman–Crippen MR) is 89.4 cm³/mol. The lowest BCUT2D eigenvalue weighted by molar-refractivity contribution is -0.117. The fourth-order valence-electron chi connectivity index (χ4n) is 3.02. The number of rotatable bonds is 4. The van der Waals surface area contributed by atoms with Crippen molar-refractivity contribution < 1.29 is 9.21 Å². The Morgan fingerprint density at radius 2 is 2.39 bits per heavy atom. The highest BCUT2D eigenvalue weighted by Gasteiger charge is 2.28. The summed E-state index contributed by atoms with van der Waals surface area (Å²) in [6.07, 6.45) is 2.18. The van der Waals surface area contributed by atoms with Gasteiger partial charge in [0.15, 0.2) is 0 Å². The van der Waals surface area contributed by atoms with Crippen LogP contribution in [-0.2, 0) is 4.79 Å². The molecule has 0 unspecified atom stereocenters. The Kier molecular flexibility index (Phi) is 4.51. The number of nitriles is 1. The number of hydrogen-bond donors (Lipinski definition) is 1. The highest BCUT2D eigenvalue weighted by atomic mass is 32.1. The van der Waals surface area contributed by atoms with Gasteiger partial charge >= 0.3 is 0 Å². The first-order chi connectivity index (χ1) is 11.1. The second-order valence-electron chi connectivity index (χ2n) is 5.79. The SMILES string of the molecule is Cc1oc(NC(=O)CN2CCC[C@@H]2c2cccs2)c(C#N)c1C. The van der Waals surface area contributed by atoms with Crippen LogP contribution in [0.5, 0.6) is 0 Å². The maximum atomic E-state index is 12.4. The molecule has 6 heteroatoms. The summed E-state index contributed by atoms with van der Waals surface area (Å²) in [5.41, 5.74) is 1.19. The fourth-order valence-corrected chi connectivity index (χ4v) is 3.91. The highest BCUT2D eigenvalue weighted by molar-refractivity contribution is 7.10. The van der Waals surface area contributed by atoms with Gasteiger partial charge in [0.25, 0.3) is 0 Å². The topological polar surface area (TPSA) is 69.3 Å². The molecule has 1 fully saturated rings. The van der Waals surface area contributed by atoms with E-state index in [0.717, 1.165) is 24.9 Å². The molecule has 0 radical (unpaired) electrons. The van der Waals surface area contributed by atoms with Crippen LogP contribution in [0.3, 0.4) is 0 Å². The van der Waals surface area contributed by atoms with Crippen LogP contribution in [0.25, 0.3) is 0 Å². The van der Waals surface area contributed by atoms with E-state index < -0.39 is 0 Å². The van der Waals surface area contributed by atoms with E-state index in [1.165, 1.54) is 4.88 Å². The molecule has 1 saturated heterocycles. The maximum absolute atomic E-state index is 12.4. The van der Waals surface area contributed by atoms with E-state index in [1.807, 2.05) is 13.0 Å². The third-order valence-electron chi connectivity index (χ3n) is 4.33. The van der Waals surface area contributed by atoms with Crippen LogP contribution in [-0.4, -0.2) is 23.9 Å². The molecule has 1 aliphatic rings. The van der Waals surface area contributed by atoms with Gasteiger partial charge in [0, 0.05) is 16.5 Å². The summed E-state index contributed by atoms with van der Waals surface area (Å²) in [6.45, 7) is 4.84. The summed E-state index contributed by atoms with van der Waals surface area (Å²) in [5.74, 6) is 0.785. The standard InChI is InChI=1S/C17H19N3O2S/c1-11-12(2)22-17(13(11)9-18)19-16(21)10-20-7-3-5-14(20)15-6-4-8-23-15/h4,6,8,14H,3,5,7,10H2,1-2H3,(H,19,21)/t14-/m1/s1. The monoisotopic (exact) mass is 329 g/mol. The van der Waals surface area contributed by atoms with E-state index >= 15 is 0 Å². The van der Waals surface area contributed by atoms with Crippen LogP contribution < -0.4 is 5.32 Å². The van der Waals surface area contributed by atoms with Gasteiger partial charge in [-0.2, -0.15) is 5.26 Å². The quantitative estimate of drug-likeness (QED) is 0.930. The van der Waals surface area contributed by atoms with Gasteiger partial charge in [-0.1, -0.05) is 6.07 Å². The lowest BCUT2D eigenvalue weighted by Crippen LogP contribution is -2.32. The van der Waals surface area contributed by atoms with Crippen molar-refractivity contribution in [2.75, 3.05) is 18.4 Å². The zero-order valence-corrected chi connectivity index (χ0v) is 14.1. The molecule has 23 heavy (non-hydrogen) atoms. The minimum atomic E-state index is -0.140. The third kappa shape index (κ3) is 3.16. The molecule has 0 aromatic carbocycles. The van der Waals surface area contributed by atoms with E-state index in [1.54, 1.807) is 18.3 Å². The average Bonchev–Trinajstić information content (AvgIpc) is 3.21. The van der Waals surface area contributed by atoms with Crippen molar-refractivity contribution in [3.8, 4) is 6.07 Å². The molecule has 1 atom stereocenters. The van der Waals surface area contributed by atoms with Gasteiger partial charge in [-0.05, 0) is 44.7 Å². The van der Waals surface area contributed by atoms with E-state index in [2.05, 4.69) is 27.7 Å². The number of likely N-dealkylation sites (tertiary alicyclic amines) is 1. The summed E-state index contributed by atoms with van der Waals surface area (Å²) < 4.78 is 5.50. The molecule has 3 heterocycles. The Labute approximate surface area is 139 Å². The summed E-state index contributed by atoms with van der Waals surface area (Å²) in [5, 5.41) is 14.0. The summed E-state index contributed by atoms with van der Waals surface area (Å²) in [7, 11) is 0. The maximum Gasteiger partial charge on any atom is 0.240 e. The van der Waals surface area contributed by atoms with Crippen molar-refractivity contribution >= 4 is 23.1 Å². The number of nitrogens with zero attached hydrogens (tertiary/aromatic N) is 2. The summed E-state index contributed by atoms with van der Waals surface area (Å²) in [4.78, 5) is 15.8. The van der Waals surface area contributed by atoms with Gasteiger partial charge in [0.1, 0.15) is 17.4 Å². The minimum Gasteiger partial charge on any atom is -0.444 e. The molecule has 120 valence electrons. The van der Waals surface area contributed by atoms with Gasteiger partial charge in [-0.25, -0.2) is 0 Å². The highest BCUT2D eigenvalue weighted by Crippen LogP contribution is 2.34. The minimum absolute atomic E-state index is 0.140. The molecule has 2 aromatic heterocycles. The molecule has 1 aliphatic heterocycles. The molecule has 0 aliphatic carbocycles. The Hall–Kier alpha value is -2.10. The lowest BCUT2D eigenvalue weighted by atomic mass is 10.2. The fraction of sp³-hybridized carbons (Fsp3) is 0.412. The first kappa shape index (κ1) is 15.8. The zero-order chi connectivity index (χ0) is 16.4. The number of carbonyl (C=O) groups is 1. The Morgan fingerprint density at radius 1 is 1.57 bits per heavy atom. The normalized spacial score (nSPS) is 18.0. The van der Waals surface area contributed by atoms with Crippen molar-refractivity contribution in [3.63, 3.8) is 0 Å². The predicted octanol–water partition coefficient (Wildman–Crippen LogP) is 3.61. The smallest absolute Gasteiger partial charge is 0.240 e. The molecule has 1 amide bonds. The van der Waals surface area contributed by atoms with E-state index in [9.17, 15) is 10.1 Å². The van der Waals surface area contributed by atoms with Gasteiger partial charge < -0.3 is 4.42 Å². The molecular formula is C17H19N3O2S. The Balaban J connectivity index is 1.68. The number of carbonyl (C=O) groups excluding carboxylic acids is 1. The lowest BCUT2D eigenvalue weighted by Gasteiger charge is -2.22. The van der Waals surface area contributed by atoms with Gasteiger partial charge in [0.05, 0.1) is 6.54 Å². The van der Waals surface area contributed by atoms with Gasteiger partial charge in [-0.15, -0.1) is 11.3 Å². The van der Waals surface area contributed by atoms with E-state index in [-0.39, 0.29) is 11.8 Å². The number of anilines is 1. The number of aryl methyl sites for hydroxylation is 1. The van der Waals surface area contributed by atoms with Crippen LogP contribution >= 0.6 is 11.3 Å². The molecule has 3 rings (SSSR count). The number of hydrogen-bond acceptors (Lipinski definition) is 5. The molecule has 1 N–H and O–H groups in total. The molecular weight excluding hydrogens is 310 g/mol. The van der Waals surface area contributed by atoms with Crippen molar-refractivity contribution in [2.45, 2.75) is 32.7 Å². The van der Waals surface area contributed by atoms with Crippen LogP contribution in [0.15, 0.2) is 21.9 Å². The first-order valence-corrected chi connectivity index (χ1v) is 8.55. The van der Waals surface area contributed by atoms with Crippen LogP contribution in [0.4, 0.5) is 5.88 Å². The number of furan rings is 1. The van der Waals surface area contributed by atoms with Crippen LogP contribution in [0, 0.1) is 25.2 Å². The molecule has 2 aromatic rings. The second-order valence-corrected chi connectivity index (χ2v) is 6.77. The summed E-state index contributed by atoms with van der Waals surface area (Å²) >= 11 is 1.73. The number of amides is 1. The third-order valence-corrected chi connectivity index (χ3v) is 5.31. The van der Waals surface area contributed by atoms with Gasteiger partial charge in [0.2, 0.25) is 11.8 Å². The van der Waals surface area contributed by atoms with Crippen LogP contribution in [0.2, 0.25) is 0 Å². The van der Waals surface area contributed by atoms with E-state index in [4.69, 9.17) is 4.42 Å². The second kappa shape index (κ2) is 6.57. The largest absolute Gasteiger partial charge is 0.444 e. The Morgan fingerprint density at radius 3 is 3.09 bits per heavy atom. The number of nitrogens with one attached hydrogen (secondary N) is 1. The van der Waals surface area contributed by atoms with Crippen LogP contribution in [0.1, 0.15) is 40.6 Å². The molecule has 0 spiro atoms. The van der Waals surface area contributed by atoms with E-state index in [0.29, 0.717) is 23.9 Å². The average molecular weight is 329 g/mol. The van der Waals surface area contributed by atoms with Gasteiger partial charge in [-0.3, -0.25) is 15.0 Å². The van der Waals surface area contributed by atoms with Crippen molar-refractivity contribution in [3.05, 3.63) is 39.3 Å². The van der Waals surface area contributed by atoms with Crippen molar-refractivity contribution in [1.29, 1.82) is 5.26 Å². The Bertz CT molecular complexity index is 743. The molecule has 0 saturated carbocycles. The first-order valence-electron chi connectivity index (χ1n) is 7.67. The van der Waals surface area contributed by atoms with Crippen molar-refractivity contribution in [1.82, 2.24) is 4.90 Å². The number of thiophene rings is 1. The molecule has 0 bridgehead atoms. The van der Waals surface area contributed by atoms with Crippen molar-refractivity contribution in [2.24, 2.45) is 0 Å². The zero-order valence-electron chi connectivity index (χ0n) is 13.3. The summed E-state index contributed by atoms with van der Waals surface area (Å²) in [6, 6.07) is 6.58. The molecule has 5 nitrogen and oxygen atoms in total.